The minimum atomic E-state index is 1.10. The van der Waals surface area contributed by atoms with Crippen LogP contribution in [0.15, 0.2) is 237 Å². The summed E-state index contributed by atoms with van der Waals surface area (Å²) in [5, 5.41) is 0. The molecule has 0 aromatic heterocycles. The molecule has 0 N–H and O–H groups in total. The average molecular weight is 702 g/mol. The number of rotatable bonds is 9. The van der Waals surface area contributed by atoms with Crippen molar-refractivity contribution in [1.29, 1.82) is 0 Å². The van der Waals surface area contributed by atoms with Crippen molar-refractivity contribution in [2.75, 3.05) is 4.90 Å². The van der Waals surface area contributed by atoms with E-state index in [4.69, 9.17) is 0 Å². The first-order valence-corrected chi connectivity index (χ1v) is 18.8. The summed E-state index contributed by atoms with van der Waals surface area (Å²) in [7, 11) is 0. The Morgan fingerprint density at radius 1 is 0.164 bits per heavy atom. The zero-order chi connectivity index (χ0) is 36.8. The smallest absolute Gasteiger partial charge is 0.0462 e. The van der Waals surface area contributed by atoms with Gasteiger partial charge in [0.15, 0.2) is 0 Å². The topological polar surface area (TPSA) is 3.24 Å². The summed E-state index contributed by atoms with van der Waals surface area (Å²) in [6.07, 6.45) is 0. The second-order valence-electron chi connectivity index (χ2n) is 13.8. The van der Waals surface area contributed by atoms with Crippen LogP contribution in [0.25, 0.3) is 66.8 Å². The Labute approximate surface area is 324 Å². The van der Waals surface area contributed by atoms with Crippen LogP contribution in [0.3, 0.4) is 0 Å². The van der Waals surface area contributed by atoms with Gasteiger partial charge in [0, 0.05) is 17.1 Å². The molecule has 0 spiro atoms. The van der Waals surface area contributed by atoms with E-state index in [-0.39, 0.29) is 0 Å². The molecule has 0 bridgehead atoms. The molecule has 9 aromatic rings. The molecule has 0 radical (unpaired) electrons. The predicted octanol–water partition coefficient (Wildman–Crippen LogP) is 15.2. The third-order valence-corrected chi connectivity index (χ3v) is 10.2. The third-order valence-electron chi connectivity index (χ3n) is 10.2. The van der Waals surface area contributed by atoms with Crippen LogP contribution >= 0.6 is 0 Å². The van der Waals surface area contributed by atoms with Crippen LogP contribution in [-0.4, -0.2) is 0 Å². The van der Waals surface area contributed by atoms with E-state index in [1.165, 1.54) is 66.8 Å². The van der Waals surface area contributed by atoms with Crippen LogP contribution in [0.4, 0.5) is 17.1 Å². The Balaban J connectivity index is 1.08. The van der Waals surface area contributed by atoms with Crippen LogP contribution in [0.2, 0.25) is 0 Å². The number of anilines is 3. The highest BCUT2D eigenvalue weighted by Crippen LogP contribution is 2.39. The van der Waals surface area contributed by atoms with E-state index in [1.807, 2.05) is 0 Å². The first kappa shape index (κ1) is 33.6. The Kier molecular flexibility index (Phi) is 9.41. The molecule has 0 aliphatic rings. The van der Waals surface area contributed by atoms with Gasteiger partial charge in [-0.05, 0) is 140 Å². The zero-order valence-electron chi connectivity index (χ0n) is 30.5. The second kappa shape index (κ2) is 15.4. The Hall–Kier alpha value is -7.22. The summed E-state index contributed by atoms with van der Waals surface area (Å²) in [4.78, 5) is 2.33. The van der Waals surface area contributed by atoms with Gasteiger partial charge >= 0.3 is 0 Å². The minimum Gasteiger partial charge on any atom is -0.311 e. The summed E-state index contributed by atoms with van der Waals surface area (Å²) in [5.74, 6) is 0. The molecule has 55 heavy (non-hydrogen) atoms. The number of hydrogen-bond acceptors (Lipinski definition) is 1. The first-order valence-electron chi connectivity index (χ1n) is 18.8. The Bertz CT molecular complexity index is 2350. The van der Waals surface area contributed by atoms with Crippen molar-refractivity contribution in [3.63, 3.8) is 0 Å². The van der Waals surface area contributed by atoms with Crippen LogP contribution in [0, 0.1) is 0 Å². The molecule has 0 fully saturated rings. The number of hydrogen-bond donors (Lipinski definition) is 0. The molecule has 0 heterocycles. The SMILES string of the molecule is c1ccc(-c2cc(-c3ccccc3)cc(-c3ccc(N(c4ccccc4)c4ccc(-c5cc(-c6ccccc6)cc(-c6ccccc6)c5)cc4)cc3)c2)cc1. The van der Waals surface area contributed by atoms with Crippen molar-refractivity contribution in [2.45, 2.75) is 0 Å². The van der Waals surface area contributed by atoms with Crippen molar-refractivity contribution in [3.05, 3.63) is 237 Å². The highest BCUT2D eigenvalue weighted by atomic mass is 15.1. The highest BCUT2D eigenvalue weighted by molar-refractivity contribution is 5.85. The summed E-state index contributed by atoms with van der Waals surface area (Å²) in [5.41, 5.74) is 17.7. The fourth-order valence-electron chi connectivity index (χ4n) is 7.41. The molecular weight excluding hydrogens is 663 g/mol. The van der Waals surface area contributed by atoms with E-state index in [0.29, 0.717) is 0 Å². The fourth-order valence-corrected chi connectivity index (χ4v) is 7.41. The van der Waals surface area contributed by atoms with Crippen LogP contribution in [0.5, 0.6) is 0 Å². The van der Waals surface area contributed by atoms with Gasteiger partial charge in [0.1, 0.15) is 0 Å². The maximum absolute atomic E-state index is 2.33. The molecule has 0 aliphatic heterocycles. The minimum absolute atomic E-state index is 1.10. The third kappa shape index (κ3) is 7.38. The van der Waals surface area contributed by atoms with E-state index in [0.717, 1.165) is 17.1 Å². The quantitative estimate of drug-likeness (QED) is 0.145. The Morgan fingerprint density at radius 3 is 0.618 bits per heavy atom. The van der Waals surface area contributed by atoms with Gasteiger partial charge < -0.3 is 4.90 Å². The van der Waals surface area contributed by atoms with Gasteiger partial charge in [-0.3, -0.25) is 0 Å². The molecule has 1 nitrogen and oxygen atoms in total. The lowest BCUT2D eigenvalue weighted by atomic mass is 9.93. The molecule has 0 atom stereocenters. The number of nitrogens with zero attached hydrogens (tertiary/aromatic N) is 1. The van der Waals surface area contributed by atoms with Crippen LogP contribution < -0.4 is 4.90 Å². The summed E-state index contributed by atoms with van der Waals surface area (Å²) in [6.45, 7) is 0. The standard InChI is InChI=1S/C54H39N/c1-6-16-40(17-7-1)46-34-47(41-18-8-2-9-19-41)37-50(36-46)44-26-30-53(31-27-44)55(52-24-14-5-15-25-52)54-32-28-45(29-33-54)51-38-48(42-20-10-3-11-21-42)35-49(39-51)43-22-12-4-13-23-43/h1-39H. The van der Waals surface area contributed by atoms with Crippen molar-refractivity contribution < 1.29 is 0 Å². The fraction of sp³-hybridized carbons (Fsp3) is 0. The molecule has 0 amide bonds. The van der Waals surface area contributed by atoms with Crippen molar-refractivity contribution in [2.24, 2.45) is 0 Å². The van der Waals surface area contributed by atoms with Crippen LogP contribution in [-0.2, 0) is 0 Å². The summed E-state index contributed by atoms with van der Waals surface area (Å²) >= 11 is 0. The van der Waals surface area contributed by atoms with Gasteiger partial charge in [-0.15, -0.1) is 0 Å². The monoisotopic (exact) mass is 701 g/mol. The second-order valence-corrected chi connectivity index (χ2v) is 13.8. The van der Waals surface area contributed by atoms with Crippen molar-refractivity contribution in [3.8, 4) is 66.8 Å². The van der Waals surface area contributed by atoms with E-state index in [2.05, 4.69) is 241 Å². The van der Waals surface area contributed by atoms with Crippen molar-refractivity contribution in [1.82, 2.24) is 0 Å². The first-order chi connectivity index (χ1) is 27.2. The van der Waals surface area contributed by atoms with Gasteiger partial charge in [0.05, 0.1) is 0 Å². The van der Waals surface area contributed by atoms with Crippen LogP contribution in [0.1, 0.15) is 0 Å². The molecule has 9 aromatic carbocycles. The molecule has 260 valence electrons. The maximum atomic E-state index is 2.33. The summed E-state index contributed by atoms with van der Waals surface area (Å²) in [6, 6.07) is 85.0. The molecule has 0 aliphatic carbocycles. The van der Waals surface area contributed by atoms with Crippen molar-refractivity contribution >= 4 is 17.1 Å². The largest absolute Gasteiger partial charge is 0.311 e. The lowest BCUT2D eigenvalue weighted by molar-refractivity contribution is 1.28. The number of para-hydroxylation sites is 1. The molecule has 0 saturated carbocycles. The molecule has 1 heteroatoms. The van der Waals surface area contributed by atoms with E-state index in [9.17, 15) is 0 Å². The lowest BCUT2D eigenvalue weighted by Crippen LogP contribution is -2.09. The van der Waals surface area contributed by atoms with Gasteiger partial charge in [0.25, 0.3) is 0 Å². The highest BCUT2D eigenvalue weighted by Gasteiger charge is 2.15. The zero-order valence-corrected chi connectivity index (χ0v) is 30.5. The van der Waals surface area contributed by atoms with E-state index in [1.54, 1.807) is 0 Å². The number of benzene rings is 9. The van der Waals surface area contributed by atoms with E-state index < -0.39 is 0 Å². The summed E-state index contributed by atoms with van der Waals surface area (Å²) < 4.78 is 0. The lowest BCUT2D eigenvalue weighted by Gasteiger charge is -2.26. The van der Waals surface area contributed by atoms with E-state index >= 15 is 0 Å². The molecular formula is C54H39N. The normalized spacial score (nSPS) is 10.9. The van der Waals surface area contributed by atoms with Gasteiger partial charge in [-0.25, -0.2) is 0 Å². The maximum Gasteiger partial charge on any atom is 0.0462 e. The molecule has 9 rings (SSSR count). The molecule has 0 saturated heterocycles. The van der Waals surface area contributed by atoms with Gasteiger partial charge in [0.2, 0.25) is 0 Å². The Morgan fingerprint density at radius 2 is 0.364 bits per heavy atom. The predicted molar refractivity (Wildman–Crippen MR) is 234 cm³/mol. The average Bonchev–Trinajstić information content (AvgIpc) is 3.28. The van der Waals surface area contributed by atoms with Gasteiger partial charge in [-0.2, -0.15) is 0 Å². The molecule has 0 unspecified atom stereocenters. The van der Waals surface area contributed by atoms with Gasteiger partial charge in [-0.1, -0.05) is 164 Å².